The molecule has 1 aromatic carbocycles. The summed E-state index contributed by atoms with van der Waals surface area (Å²) in [5.41, 5.74) is 2.13. The van der Waals surface area contributed by atoms with Gasteiger partial charge in [-0.2, -0.15) is 0 Å². The molecule has 4 heteroatoms. The van der Waals surface area contributed by atoms with Crippen LogP contribution in [0, 0.1) is 5.92 Å². The largest absolute Gasteiger partial charge is 0.413 e. The van der Waals surface area contributed by atoms with Crippen LogP contribution in [0.5, 0.6) is 0 Å². The van der Waals surface area contributed by atoms with Crippen LogP contribution in [0.4, 0.5) is 0 Å². The summed E-state index contributed by atoms with van der Waals surface area (Å²) in [6, 6.07) is 8.47. The molecular weight excluding hydrogens is 314 g/mol. The van der Waals surface area contributed by atoms with Crippen molar-refractivity contribution in [2.45, 2.75) is 75.7 Å². The van der Waals surface area contributed by atoms with E-state index in [0.717, 1.165) is 18.4 Å². The molecule has 0 radical (unpaired) electrons. The minimum Gasteiger partial charge on any atom is -0.413 e. The summed E-state index contributed by atoms with van der Waals surface area (Å²) in [5.74, 6) is 0.747. The number of benzene rings is 1. The fraction of sp³-hybridized carbons (Fsp3) is 0.650. The molecule has 4 rings (SSSR count). The van der Waals surface area contributed by atoms with Crippen LogP contribution in [0.15, 0.2) is 24.3 Å². The topological polar surface area (TPSA) is 38.3 Å². The monoisotopic (exact) mass is 343 g/mol. The summed E-state index contributed by atoms with van der Waals surface area (Å²) in [5, 5.41) is 3.49. The Balaban J connectivity index is 1.77. The molecule has 130 valence electrons. The SMILES string of the molecule is CC(C)(C)[Si](C)(C)O[C@@H]1CC[C@@H]2C[C@H]3NC(=O)c4ccccc4[C@@]231. The predicted octanol–water partition coefficient (Wildman–Crippen LogP) is 4.24. The molecule has 3 aliphatic rings. The Morgan fingerprint density at radius 2 is 1.92 bits per heavy atom. The molecule has 1 aliphatic heterocycles. The molecule has 2 saturated carbocycles. The summed E-state index contributed by atoms with van der Waals surface area (Å²) >= 11 is 0. The summed E-state index contributed by atoms with van der Waals surface area (Å²) in [4.78, 5) is 12.5. The maximum absolute atomic E-state index is 12.5. The highest BCUT2D eigenvalue weighted by Crippen LogP contribution is 2.62. The van der Waals surface area contributed by atoms with Crippen molar-refractivity contribution in [3.05, 3.63) is 35.4 Å². The molecule has 1 heterocycles. The summed E-state index contributed by atoms with van der Waals surface area (Å²) in [6.07, 6.45) is 3.69. The van der Waals surface area contributed by atoms with Crippen molar-refractivity contribution < 1.29 is 9.22 Å². The molecule has 1 aromatic rings. The molecule has 0 aromatic heterocycles. The number of nitrogens with one attached hydrogen (secondary N) is 1. The van der Waals surface area contributed by atoms with Gasteiger partial charge in [0, 0.05) is 17.0 Å². The van der Waals surface area contributed by atoms with Crippen molar-refractivity contribution in [1.82, 2.24) is 5.32 Å². The van der Waals surface area contributed by atoms with Crippen LogP contribution in [0.1, 0.15) is 56.0 Å². The van der Waals surface area contributed by atoms with E-state index in [0.29, 0.717) is 5.92 Å². The predicted molar refractivity (Wildman–Crippen MR) is 98.8 cm³/mol. The molecule has 3 nitrogen and oxygen atoms in total. The average Bonchev–Trinajstić information content (AvgIpc) is 2.73. The smallest absolute Gasteiger partial charge is 0.251 e. The molecule has 1 spiro atoms. The fourth-order valence-electron chi connectivity index (χ4n) is 4.98. The van der Waals surface area contributed by atoms with E-state index in [-0.39, 0.29) is 28.5 Å². The molecule has 1 amide bonds. The normalized spacial score (nSPS) is 34.7. The standard InChI is InChI=1S/C20H29NO2Si/c1-19(2,3)24(4,5)23-17-11-10-13-12-16-20(13,17)15-9-7-6-8-14(15)18(22)21-16/h6-9,13,16-17H,10-12H2,1-5H3,(H,21,22)/t13-,16-,17-,20+/m1/s1. The van der Waals surface area contributed by atoms with Crippen LogP contribution in [0.3, 0.4) is 0 Å². The van der Waals surface area contributed by atoms with Gasteiger partial charge in [-0.05, 0) is 54.9 Å². The van der Waals surface area contributed by atoms with Crippen molar-refractivity contribution in [3.63, 3.8) is 0 Å². The Bertz CT molecular complexity index is 693. The van der Waals surface area contributed by atoms with Crippen molar-refractivity contribution in [3.8, 4) is 0 Å². The highest BCUT2D eigenvalue weighted by Gasteiger charge is 2.67. The lowest BCUT2D eigenvalue weighted by Crippen LogP contribution is -2.70. The van der Waals surface area contributed by atoms with E-state index < -0.39 is 8.32 Å². The van der Waals surface area contributed by atoms with Crippen LogP contribution >= 0.6 is 0 Å². The van der Waals surface area contributed by atoms with E-state index in [1.807, 2.05) is 12.1 Å². The number of hydrogen-bond acceptors (Lipinski definition) is 2. The van der Waals surface area contributed by atoms with Crippen LogP contribution in [-0.2, 0) is 9.84 Å². The zero-order valence-corrected chi connectivity index (χ0v) is 16.5. The first-order valence-electron chi connectivity index (χ1n) is 9.26. The van der Waals surface area contributed by atoms with Gasteiger partial charge < -0.3 is 9.74 Å². The second-order valence-electron chi connectivity index (χ2n) is 9.38. The molecule has 0 bridgehead atoms. The van der Waals surface area contributed by atoms with Crippen molar-refractivity contribution in [1.29, 1.82) is 0 Å². The quantitative estimate of drug-likeness (QED) is 0.816. The fourth-order valence-corrected chi connectivity index (χ4v) is 6.35. The molecule has 0 saturated heterocycles. The third-order valence-corrected chi connectivity index (χ3v) is 11.8. The Labute approximate surface area is 146 Å². The van der Waals surface area contributed by atoms with Crippen LogP contribution in [0.25, 0.3) is 0 Å². The Morgan fingerprint density at radius 3 is 2.62 bits per heavy atom. The minimum atomic E-state index is -1.84. The lowest BCUT2D eigenvalue weighted by Gasteiger charge is -2.59. The van der Waals surface area contributed by atoms with Crippen LogP contribution in [0.2, 0.25) is 18.1 Å². The Kier molecular flexibility index (Phi) is 3.37. The van der Waals surface area contributed by atoms with Crippen molar-refractivity contribution in [2.24, 2.45) is 5.92 Å². The zero-order valence-electron chi connectivity index (χ0n) is 15.5. The van der Waals surface area contributed by atoms with Gasteiger partial charge in [-0.25, -0.2) is 0 Å². The van der Waals surface area contributed by atoms with E-state index in [4.69, 9.17) is 4.43 Å². The summed E-state index contributed by atoms with van der Waals surface area (Å²) < 4.78 is 6.94. The third kappa shape index (κ3) is 1.96. The summed E-state index contributed by atoms with van der Waals surface area (Å²) in [7, 11) is -1.84. The highest BCUT2D eigenvalue weighted by atomic mass is 28.4. The van der Waals surface area contributed by atoms with E-state index >= 15 is 0 Å². The number of hydrogen-bond donors (Lipinski definition) is 1. The van der Waals surface area contributed by atoms with Gasteiger partial charge in [0.05, 0.1) is 6.10 Å². The zero-order chi connectivity index (χ0) is 17.3. The average molecular weight is 344 g/mol. The minimum absolute atomic E-state index is 0.0139. The first-order chi connectivity index (χ1) is 11.2. The number of fused-ring (bicyclic) bond motifs is 1. The van der Waals surface area contributed by atoms with Crippen LogP contribution < -0.4 is 5.32 Å². The van der Waals surface area contributed by atoms with Crippen molar-refractivity contribution >= 4 is 14.2 Å². The summed E-state index contributed by atoms with van der Waals surface area (Å²) in [6.45, 7) is 11.6. The highest BCUT2D eigenvalue weighted by molar-refractivity contribution is 6.74. The van der Waals surface area contributed by atoms with E-state index in [9.17, 15) is 4.79 Å². The maximum atomic E-state index is 12.5. The number of rotatable bonds is 2. The lowest BCUT2D eigenvalue weighted by molar-refractivity contribution is -0.00613. The number of carbonyl (C=O) groups is 1. The van der Waals surface area contributed by atoms with Gasteiger partial charge in [0.1, 0.15) is 0 Å². The first-order valence-corrected chi connectivity index (χ1v) is 12.2. The molecule has 2 aliphatic carbocycles. The second-order valence-corrected chi connectivity index (χ2v) is 14.1. The molecule has 2 fully saturated rings. The molecule has 4 atom stereocenters. The molecular formula is C20H29NO2Si. The van der Waals surface area contributed by atoms with Gasteiger partial charge >= 0.3 is 0 Å². The van der Waals surface area contributed by atoms with E-state index in [2.05, 4.69) is 51.3 Å². The van der Waals surface area contributed by atoms with Gasteiger partial charge in [0.25, 0.3) is 5.91 Å². The lowest BCUT2D eigenvalue weighted by atomic mass is 9.52. The Morgan fingerprint density at radius 1 is 1.21 bits per heavy atom. The maximum Gasteiger partial charge on any atom is 0.251 e. The first kappa shape index (κ1) is 16.3. The number of amides is 1. The van der Waals surface area contributed by atoms with E-state index in [1.165, 1.54) is 12.0 Å². The van der Waals surface area contributed by atoms with E-state index in [1.54, 1.807) is 0 Å². The molecule has 24 heavy (non-hydrogen) atoms. The van der Waals surface area contributed by atoms with Gasteiger partial charge in [-0.3, -0.25) is 4.79 Å². The second kappa shape index (κ2) is 4.95. The molecule has 1 N–H and O–H groups in total. The van der Waals surface area contributed by atoms with Crippen LogP contribution in [-0.4, -0.2) is 26.4 Å². The van der Waals surface area contributed by atoms with Gasteiger partial charge in [-0.1, -0.05) is 39.0 Å². The third-order valence-electron chi connectivity index (χ3n) is 7.27. The molecule has 0 unspecified atom stereocenters. The Hall–Kier alpha value is -1.13. The van der Waals surface area contributed by atoms with Gasteiger partial charge in [0.2, 0.25) is 0 Å². The van der Waals surface area contributed by atoms with Gasteiger partial charge in [0.15, 0.2) is 8.32 Å². The van der Waals surface area contributed by atoms with Gasteiger partial charge in [-0.15, -0.1) is 0 Å². The van der Waals surface area contributed by atoms with Crippen molar-refractivity contribution in [2.75, 3.05) is 0 Å². The number of carbonyl (C=O) groups excluding carboxylic acids is 1.